The maximum atomic E-state index is 12.5. The van der Waals surface area contributed by atoms with E-state index in [1.807, 2.05) is 0 Å². The number of rotatable bonds is 2. The Morgan fingerprint density at radius 2 is 1.83 bits per heavy atom. The summed E-state index contributed by atoms with van der Waals surface area (Å²) in [6.07, 6.45) is -0.593. The van der Waals surface area contributed by atoms with Crippen LogP contribution in [0.3, 0.4) is 0 Å². The summed E-state index contributed by atoms with van der Waals surface area (Å²) >= 11 is 0. The summed E-state index contributed by atoms with van der Waals surface area (Å²) in [4.78, 5) is 17.8. The molecule has 0 radical (unpaired) electrons. The number of carbonyl (C=O) groups is 1. The van der Waals surface area contributed by atoms with Gasteiger partial charge >= 0.3 is 12.1 Å². The Morgan fingerprint density at radius 1 is 1.17 bits per heavy atom. The normalized spacial score (nSPS) is 16.6. The van der Waals surface area contributed by atoms with Crippen LogP contribution in [0.5, 0.6) is 0 Å². The topological polar surface area (TPSA) is 72.1 Å². The molecule has 1 saturated heterocycles. The van der Waals surface area contributed by atoms with Crippen molar-refractivity contribution in [1.29, 1.82) is 0 Å². The first-order valence-corrected chi connectivity index (χ1v) is 7.05. The van der Waals surface area contributed by atoms with E-state index in [1.165, 1.54) is 12.4 Å². The summed E-state index contributed by atoms with van der Waals surface area (Å²) in [6.45, 7) is 0.852. The maximum Gasteiger partial charge on any atom is 0.470 e. The van der Waals surface area contributed by atoms with Gasteiger partial charge in [-0.25, -0.2) is 0 Å². The average Bonchev–Trinajstić information content (AvgIpc) is 3.05. The third kappa shape index (κ3) is 3.33. The zero-order valence-electron chi connectivity index (χ0n) is 12.0. The molecule has 0 unspecified atom stereocenters. The predicted octanol–water partition coefficient (Wildman–Crippen LogP) is 2.50. The van der Waals surface area contributed by atoms with Crippen LogP contribution in [0.25, 0.3) is 0 Å². The quantitative estimate of drug-likeness (QED) is 0.848. The Hall–Kier alpha value is -2.45. The molecule has 0 bridgehead atoms. The highest BCUT2D eigenvalue weighted by molar-refractivity contribution is 5.94. The minimum absolute atomic E-state index is 0.0201. The third-order valence-corrected chi connectivity index (χ3v) is 3.74. The van der Waals surface area contributed by atoms with E-state index in [4.69, 9.17) is 4.42 Å². The Bertz CT molecular complexity index is 679. The molecular formula is C14H13F3N4O2. The smallest absolute Gasteiger partial charge is 0.417 e. The van der Waals surface area contributed by atoms with E-state index in [-0.39, 0.29) is 17.7 Å². The molecule has 3 rings (SSSR count). The molecule has 0 aromatic carbocycles. The Morgan fingerprint density at radius 3 is 2.39 bits per heavy atom. The van der Waals surface area contributed by atoms with Crippen LogP contribution in [0.1, 0.15) is 40.9 Å². The Labute approximate surface area is 129 Å². The van der Waals surface area contributed by atoms with Gasteiger partial charge in [0.1, 0.15) is 0 Å². The predicted molar refractivity (Wildman–Crippen MR) is 71.4 cm³/mol. The monoisotopic (exact) mass is 326 g/mol. The molecule has 0 atom stereocenters. The van der Waals surface area contributed by atoms with Crippen LogP contribution in [0.15, 0.2) is 28.9 Å². The number of hydrogen-bond donors (Lipinski definition) is 0. The number of likely N-dealkylation sites (tertiary alicyclic amines) is 1. The number of halogens is 3. The second-order valence-corrected chi connectivity index (χ2v) is 5.25. The lowest BCUT2D eigenvalue weighted by atomic mass is 9.96. The van der Waals surface area contributed by atoms with Crippen molar-refractivity contribution < 1.29 is 22.4 Å². The Kier molecular flexibility index (Phi) is 4.01. The Balaban J connectivity index is 1.62. The molecule has 1 amide bonds. The van der Waals surface area contributed by atoms with Gasteiger partial charge < -0.3 is 9.32 Å². The largest absolute Gasteiger partial charge is 0.470 e. The van der Waals surface area contributed by atoms with Crippen molar-refractivity contribution in [2.24, 2.45) is 0 Å². The molecule has 2 aromatic heterocycles. The number of piperidine rings is 1. The minimum atomic E-state index is -4.64. The number of amides is 1. The third-order valence-electron chi connectivity index (χ3n) is 3.74. The van der Waals surface area contributed by atoms with E-state index in [2.05, 4.69) is 15.2 Å². The fourth-order valence-corrected chi connectivity index (χ4v) is 2.52. The number of aromatic nitrogens is 3. The molecular weight excluding hydrogens is 313 g/mol. The summed E-state index contributed by atoms with van der Waals surface area (Å²) in [5, 5.41) is 6.52. The van der Waals surface area contributed by atoms with Gasteiger partial charge in [0.05, 0.1) is 0 Å². The van der Waals surface area contributed by atoms with Crippen LogP contribution in [-0.2, 0) is 6.18 Å². The van der Waals surface area contributed by atoms with E-state index < -0.39 is 12.1 Å². The van der Waals surface area contributed by atoms with Crippen molar-refractivity contribution in [3.63, 3.8) is 0 Å². The SMILES string of the molecule is O=C(c1ccncc1)N1CCC(c2nnc(C(F)(F)F)o2)CC1. The van der Waals surface area contributed by atoms with E-state index in [0.717, 1.165) is 0 Å². The molecule has 1 aliphatic rings. The fourth-order valence-electron chi connectivity index (χ4n) is 2.52. The first-order chi connectivity index (χ1) is 10.9. The second-order valence-electron chi connectivity index (χ2n) is 5.25. The molecule has 6 nitrogen and oxygen atoms in total. The zero-order valence-corrected chi connectivity index (χ0v) is 12.0. The summed E-state index contributed by atoms with van der Waals surface area (Å²) in [7, 11) is 0. The maximum absolute atomic E-state index is 12.5. The summed E-state index contributed by atoms with van der Waals surface area (Å²) in [5.41, 5.74) is 0.538. The summed E-state index contributed by atoms with van der Waals surface area (Å²) < 4.78 is 42.1. The number of hydrogen-bond acceptors (Lipinski definition) is 5. The van der Waals surface area contributed by atoms with Gasteiger partial charge in [0, 0.05) is 37.0 Å². The van der Waals surface area contributed by atoms with Crippen LogP contribution in [0.2, 0.25) is 0 Å². The highest BCUT2D eigenvalue weighted by Gasteiger charge is 2.39. The number of carbonyl (C=O) groups excluding carboxylic acids is 1. The van der Waals surface area contributed by atoms with Crippen LogP contribution in [0, 0.1) is 0 Å². The second kappa shape index (κ2) is 5.98. The molecule has 0 N–H and O–H groups in total. The van der Waals surface area contributed by atoms with Crippen molar-refractivity contribution in [2.75, 3.05) is 13.1 Å². The highest BCUT2D eigenvalue weighted by atomic mass is 19.4. The molecule has 1 aliphatic heterocycles. The van der Waals surface area contributed by atoms with Crippen LogP contribution >= 0.6 is 0 Å². The number of alkyl halides is 3. The lowest BCUT2D eigenvalue weighted by molar-refractivity contribution is -0.157. The van der Waals surface area contributed by atoms with Gasteiger partial charge in [-0.3, -0.25) is 9.78 Å². The molecule has 0 spiro atoms. The van der Waals surface area contributed by atoms with Gasteiger partial charge in [0.15, 0.2) is 0 Å². The fraction of sp³-hybridized carbons (Fsp3) is 0.429. The first kappa shape index (κ1) is 15.4. The number of pyridine rings is 1. The molecule has 9 heteroatoms. The van der Waals surface area contributed by atoms with E-state index in [0.29, 0.717) is 31.5 Å². The molecule has 2 aromatic rings. The molecule has 0 saturated carbocycles. The minimum Gasteiger partial charge on any atom is -0.417 e. The van der Waals surface area contributed by atoms with Crippen molar-refractivity contribution in [1.82, 2.24) is 20.1 Å². The standard InChI is InChI=1S/C14H13F3N4O2/c15-14(16,17)13-20-19-11(23-13)9-3-7-21(8-4-9)12(22)10-1-5-18-6-2-10/h1-2,5-6,9H,3-4,7-8H2. The average molecular weight is 326 g/mol. The van der Waals surface area contributed by atoms with Gasteiger partial charge in [-0.1, -0.05) is 0 Å². The van der Waals surface area contributed by atoms with Gasteiger partial charge in [-0.2, -0.15) is 13.2 Å². The molecule has 3 heterocycles. The molecule has 23 heavy (non-hydrogen) atoms. The zero-order chi connectivity index (χ0) is 16.4. The highest BCUT2D eigenvalue weighted by Crippen LogP contribution is 2.32. The summed E-state index contributed by atoms with van der Waals surface area (Å²) in [6, 6.07) is 3.25. The van der Waals surface area contributed by atoms with Crippen molar-refractivity contribution >= 4 is 5.91 Å². The van der Waals surface area contributed by atoms with E-state index in [1.54, 1.807) is 17.0 Å². The van der Waals surface area contributed by atoms with Gasteiger partial charge in [-0.15, -0.1) is 10.2 Å². The van der Waals surface area contributed by atoms with Crippen molar-refractivity contribution in [2.45, 2.75) is 24.9 Å². The van der Waals surface area contributed by atoms with Crippen molar-refractivity contribution in [3.05, 3.63) is 41.9 Å². The van der Waals surface area contributed by atoms with Crippen LogP contribution < -0.4 is 0 Å². The molecule has 1 fully saturated rings. The molecule has 122 valence electrons. The molecule has 0 aliphatic carbocycles. The van der Waals surface area contributed by atoms with Gasteiger partial charge in [0.2, 0.25) is 5.89 Å². The van der Waals surface area contributed by atoms with E-state index >= 15 is 0 Å². The lowest BCUT2D eigenvalue weighted by Crippen LogP contribution is -2.38. The lowest BCUT2D eigenvalue weighted by Gasteiger charge is -2.30. The van der Waals surface area contributed by atoms with Gasteiger partial charge in [-0.05, 0) is 25.0 Å². The van der Waals surface area contributed by atoms with E-state index in [9.17, 15) is 18.0 Å². The first-order valence-electron chi connectivity index (χ1n) is 7.05. The number of nitrogens with zero attached hydrogens (tertiary/aromatic N) is 4. The van der Waals surface area contributed by atoms with Crippen LogP contribution in [-0.4, -0.2) is 39.1 Å². The van der Waals surface area contributed by atoms with Gasteiger partial charge in [0.25, 0.3) is 5.91 Å². The van der Waals surface area contributed by atoms with Crippen LogP contribution in [0.4, 0.5) is 13.2 Å². The van der Waals surface area contributed by atoms with Crippen molar-refractivity contribution in [3.8, 4) is 0 Å². The summed E-state index contributed by atoms with van der Waals surface area (Å²) in [5.74, 6) is -1.73.